The SMILES string of the molecule is Cc1cc2ccccc2c2c1SN(c1nc(-c3ccccc3)c3ccccc3n1)c1c-2c2ccccc2c2sc3ccccc3c12. The molecule has 0 unspecified atom stereocenters. The second-order valence-electron chi connectivity index (χ2n) is 11.8. The minimum absolute atomic E-state index is 0.689. The molecule has 0 amide bonds. The van der Waals surface area contributed by atoms with Gasteiger partial charge in [0, 0.05) is 52.5 Å². The summed E-state index contributed by atoms with van der Waals surface area (Å²) < 4.78 is 4.91. The summed E-state index contributed by atoms with van der Waals surface area (Å²) in [5, 5.41) is 8.63. The minimum atomic E-state index is 0.689. The van der Waals surface area contributed by atoms with Gasteiger partial charge in [-0.05, 0) is 52.7 Å². The van der Waals surface area contributed by atoms with Gasteiger partial charge >= 0.3 is 0 Å². The Balaban J connectivity index is 1.41. The molecule has 0 bridgehead atoms. The van der Waals surface area contributed by atoms with Gasteiger partial charge in [-0.1, -0.05) is 121 Å². The zero-order valence-corrected chi connectivity index (χ0v) is 26.5. The molecule has 46 heavy (non-hydrogen) atoms. The van der Waals surface area contributed by atoms with Crippen LogP contribution in [0.15, 0.2) is 138 Å². The van der Waals surface area contributed by atoms with E-state index in [4.69, 9.17) is 9.97 Å². The second kappa shape index (κ2) is 9.88. The summed E-state index contributed by atoms with van der Waals surface area (Å²) in [6.45, 7) is 2.23. The number of hydrogen-bond acceptors (Lipinski definition) is 5. The standard InChI is InChI=1S/C41H25N3S2/c1-24-23-26-15-5-6-16-27(26)35-34-28-17-7-8-18-29(28)40-36(31-20-10-12-22-33(31)45-40)38(34)44(46-39(24)35)41-42-32-21-11-9-19-30(32)37(43-41)25-13-3-2-4-14-25/h2-23H,1H3. The lowest BCUT2D eigenvalue weighted by molar-refractivity contribution is 1.16. The van der Waals surface area contributed by atoms with Crippen molar-refractivity contribution in [2.75, 3.05) is 4.31 Å². The maximum Gasteiger partial charge on any atom is 0.241 e. The summed E-state index contributed by atoms with van der Waals surface area (Å²) >= 11 is 3.63. The molecule has 2 aromatic heterocycles. The zero-order valence-electron chi connectivity index (χ0n) is 24.9. The predicted molar refractivity (Wildman–Crippen MR) is 197 cm³/mol. The van der Waals surface area contributed by atoms with E-state index in [1.165, 1.54) is 63.3 Å². The number of benzene rings is 7. The van der Waals surface area contributed by atoms with Crippen molar-refractivity contribution in [2.45, 2.75) is 11.8 Å². The molecule has 0 spiro atoms. The average molecular weight is 624 g/mol. The third-order valence-electron chi connectivity index (χ3n) is 9.15. The highest BCUT2D eigenvalue weighted by molar-refractivity contribution is 8.01. The highest BCUT2D eigenvalue weighted by atomic mass is 32.2. The third-order valence-corrected chi connectivity index (χ3v) is 11.6. The predicted octanol–water partition coefficient (Wildman–Crippen LogP) is 12.1. The normalized spacial score (nSPS) is 12.8. The largest absolute Gasteiger partial charge is 0.246 e. The van der Waals surface area contributed by atoms with Crippen LogP contribution < -0.4 is 4.31 Å². The number of fused-ring (bicyclic) bond motifs is 13. The first-order valence-electron chi connectivity index (χ1n) is 15.4. The van der Waals surface area contributed by atoms with Gasteiger partial charge in [0.05, 0.1) is 16.9 Å². The van der Waals surface area contributed by atoms with E-state index >= 15 is 0 Å². The van der Waals surface area contributed by atoms with Gasteiger partial charge < -0.3 is 0 Å². The maximum absolute atomic E-state index is 5.41. The van der Waals surface area contributed by atoms with Crippen LogP contribution in [-0.4, -0.2) is 9.97 Å². The number of aryl methyl sites for hydroxylation is 1. The number of thiophene rings is 1. The first-order chi connectivity index (χ1) is 22.7. The van der Waals surface area contributed by atoms with E-state index in [0.717, 1.165) is 27.8 Å². The summed E-state index contributed by atoms with van der Waals surface area (Å²) in [6.07, 6.45) is 0. The summed E-state index contributed by atoms with van der Waals surface area (Å²) in [5.41, 5.74) is 7.91. The fourth-order valence-electron chi connectivity index (χ4n) is 7.16. The van der Waals surface area contributed by atoms with Gasteiger partial charge in [0.2, 0.25) is 5.95 Å². The van der Waals surface area contributed by atoms with Crippen molar-refractivity contribution < 1.29 is 0 Å². The van der Waals surface area contributed by atoms with Crippen LogP contribution in [-0.2, 0) is 0 Å². The second-order valence-corrected chi connectivity index (χ2v) is 13.8. The van der Waals surface area contributed by atoms with Crippen molar-refractivity contribution in [2.24, 2.45) is 0 Å². The molecule has 0 aliphatic carbocycles. The number of para-hydroxylation sites is 1. The molecule has 1 aliphatic rings. The molecule has 0 atom stereocenters. The molecule has 0 radical (unpaired) electrons. The third kappa shape index (κ3) is 3.67. The van der Waals surface area contributed by atoms with Crippen LogP contribution in [0.1, 0.15) is 5.56 Å². The van der Waals surface area contributed by atoms with Gasteiger partial charge in [0.15, 0.2) is 0 Å². The molecule has 0 saturated carbocycles. The van der Waals surface area contributed by atoms with Crippen molar-refractivity contribution in [3.8, 4) is 22.4 Å². The number of nitrogens with zero attached hydrogens (tertiary/aromatic N) is 3. The minimum Gasteiger partial charge on any atom is -0.246 e. The first-order valence-corrected chi connectivity index (χ1v) is 17.0. The molecule has 1 aliphatic heterocycles. The Morgan fingerprint density at radius 2 is 1.26 bits per heavy atom. The van der Waals surface area contributed by atoms with Crippen LogP contribution in [0.2, 0.25) is 0 Å². The molecule has 3 nitrogen and oxygen atoms in total. The molecule has 7 aromatic carbocycles. The molecule has 5 heteroatoms. The molecule has 0 saturated heterocycles. The van der Waals surface area contributed by atoms with Crippen LogP contribution in [0.3, 0.4) is 0 Å². The smallest absolute Gasteiger partial charge is 0.241 e. The van der Waals surface area contributed by atoms with Crippen molar-refractivity contribution >= 4 is 87.5 Å². The van der Waals surface area contributed by atoms with Gasteiger partial charge in [0.25, 0.3) is 0 Å². The summed E-state index contributed by atoms with van der Waals surface area (Å²) in [6, 6.07) is 47.7. The summed E-state index contributed by atoms with van der Waals surface area (Å²) in [4.78, 5) is 11.9. The van der Waals surface area contributed by atoms with Crippen molar-refractivity contribution in [1.29, 1.82) is 0 Å². The van der Waals surface area contributed by atoms with Crippen LogP contribution >= 0.6 is 23.3 Å². The van der Waals surface area contributed by atoms with Crippen LogP contribution in [0.25, 0.3) is 75.0 Å². The fraction of sp³-hybridized carbons (Fsp3) is 0.0244. The lowest BCUT2D eigenvalue weighted by Gasteiger charge is -2.33. The first kappa shape index (κ1) is 26.0. The quantitative estimate of drug-likeness (QED) is 0.179. The van der Waals surface area contributed by atoms with E-state index in [2.05, 4.69) is 145 Å². The van der Waals surface area contributed by atoms with E-state index in [0.29, 0.717) is 5.95 Å². The van der Waals surface area contributed by atoms with E-state index in [1.807, 2.05) is 11.3 Å². The molecule has 0 fully saturated rings. The lowest BCUT2D eigenvalue weighted by atomic mass is 9.89. The molecule has 0 N–H and O–H groups in total. The van der Waals surface area contributed by atoms with Crippen LogP contribution in [0.4, 0.5) is 11.6 Å². The van der Waals surface area contributed by atoms with Crippen LogP contribution in [0, 0.1) is 6.92 Å². The van der Waals surface area contributed by atoms with Gasteiger partial charge in [-0.3, -0.25) is 0 Å². The lowest BCUT2D eigenvalue weighted by Crippen LogP contribution is -2.17. The Morgan fingerprint density at radius 3 is 2.11 bits per heavy atom. The van der Waals surface area contributed by atoms with E-state index in [-0.39, 0.29) is 0 Å². The van der Waals surface area contributed by atoms with Gasteiger partial charge in [-0.2, -0.15) is 0 Å². The van der Waals surface area contributed by atoms with Crippen LogP contribution in [0.5, 0.6) is 0 Å². The Kier molecular flexibility index (Phi) is 5.59. The van der Waals surface area contributed by atoms with Crippen molar-refractivity contribution in [3.05, 3.63) is 139 Å². The molecule has 9 aromatic rings. The van der Waals surface area contributed by atoms with E-state index < -0.39 is 0 Å². The van der Waals surface area contributed by atoms with Crippen molar-refractivity contribution in [3.63, 3.8) is 0 Å². The number of rotatable bonds is 2. The average Bonchev–Trinajstić information content (AvgIpc) is 3.51. The van der Waals surface area contributed by atoms with Gasteiger partial charge in [0.1, 0.15) is 0 Å². The highest BCUT2D eigenvalue weighted by Crippen LogP contribution is 2.59. The van der Waals surface area contributed by atoms with Gasteiger partial charge in [-0.15, -0.1) is 11.3 Å². The highest BCUT2D eigenvalue weighted by Gasteiger charge is 2.34. The summed E-state index contributed by atoms with van der Waals surface area (Å²) in [7, 11) is 0. The Bertz CT molecular complexity index is 2700. The fourth-order valence-corrected chi connectivity index (χ4v) is 9.53. The molecular weight excluding hydrogens is 599 g/mol. The number of anilines is 2. The Labute approximate surface area is 273 Å². The Hall–Kier alpha value is -5.23. The maximum atomic E-state index is 5.41. The van der Waals surface area contributed by atoms with Gasteiger partial charge in [-0.25, -0.2) is 14.3 Å². The summed E-state index contributed by atoms with van der Waals surface area (Å²) in [5.74, 6) is 0.689. The number of hydrogen-bond donors (Lipinski definition) is 0. The van der Waals surface area contributed by atoms with E-state index in [9.17, 15) is 0 Å². The molecule has 216 valence electrons. The zero-order chi connectivity index (χ0) is 30.4. The molecule has 3 heterocycles. The van der Waals surface area contributed by atoms with Crippen molar-refractivity contribution in [1.82, 2.24) is 9.97 Å². The Morgan fingerprint density at radius 1 is 0.587 bits per heavy atom. The monoisotopic (exact) mass is 623 g/mol. The van der Waals surface area contributed by atoms with E-state index in [1.54, 1.807) is 11.9 Å². The molecular formula is C41H25N3S2. The topological polar surface area (TPSA) is 29.0 Å². The number of aromatic nitrogens is 2. The molecule has 10 rings (SSSR count).